The fourth-order valence-electron chi connectivity index (χ4n) is 0.339. The molecule has 0 aromatic rings. The first kappa shape index (κ1) is 30.1. The van der Waals surface area contributed by atoms with Crippen molar-refractivity contribution in [1.82, 2.24) is 15.5 Å². The van der Waals surface area contributed by atoms with E-state index in [1.165, 1.54) is 4.90 Å². The third kappa shape index (κ3) is 52.5. The van der Waals surface area contributed by atoms with Crippen LogP contribution >= 0.6 is 74.5 Å². The number of nitrogens with one attached hydrogen (secondary N) is 3. The van der Waals surface area contributed by atoms with Crippen LogP contribution in [-0.4, -0.2) is 66.2 Å². The van der Waals surface area contributed by atoms with Gasteiger partial charge in [-0.05, 0) is 0 Å². The van der Waals surface area contributed by atoms with Crippen molar-refractivity contribution in [3.05, 3.63) is 0 Å². The molecule has 0 aliphatic heterocycles. The molecule has 0 unspecified atom stereocenters. The Kier molecular flexibility index (Phi) is 30.4. The van der Waals surface area contributed by atoms with Crippen LogP contribution in [0.15, 0.2) is 0 Å². The maximum Gasteiger partial charge on any atom is 2.00 e. The van der Waals surface area contributed by atoms with Crippen LogP contribution < -0.4 is 15.5 Å². The predicted octanol–water partition coefficient (Wildman–Crippen LogP) is 0.116. The van der Waals surface area contributed by atoms with E-state index >= 15 is 0 Å². The van der Waals surface area contributed by atoms with E-state index in [9.17, 15) is 0 Å². The molecule has 0 rings (SSSR count). The van der Waals surface area contributed by atoms with E-state index in [0.717, 1.165) is 0 Å². The van der Waals surface area contributed by atoms with E-state index < -0.39 is 0 Å². The monoisotopic (exact) mass is 448 g/mol. The Bertz CT molecular complexity index is 270. The second-order valence-corrected chi connectivity index (χ2v) is 7.57. The van der Waals surface area contributed by atoms with E-state index in [1.54, 1.807) is 4.90 Å². The van der Waals surface area contributed by atoms with Crippen LogP contribution in [0.3, 0.4) is 0 Å². The van der Waals surface area contributed by atoms with Gasteiger partial charge in [0.05, 0.1) is 21.1 Å². The Morgan fingerprint density at radius 1 is 0.905 bits per heavy atom. The van der Waals surface area contributed by atoms with Crippen LogP contribution in [0.4, 0.5) is 0 Å². The summed E-state index contributed by atoms with van der Waals surface area (Å²) in [6.07, 6.45) is 0. The van der Waals surface area contributed by atoms with Crippen LogP contribution in [0.1, 0.15) is 0 Å². The number of thiocarbonyl (C=S) groups is 3. The molecule has 0 aromatic heterocycles. The smallest absolute Gasteiger partial charge is 0.369 e. The van der Waals surface area contributed by atoms with Crippen LogP contribution in [0.2, 0.25) is 0 Å². The van der Waals surface area contributed by atoms with E-state index in [0.29, 0.717) is 26.1 Å². The van der Waals surface area contributed by atoms with Gasteiger partial charge in [0.15, 0.2) is 0 Å². The molecule has 0 heterocycles. The minimum Gasteiger partial charge on any atom is -0.369 e. The van der Waals surface area contributed by atoms with Crippen molar-refractivity contribution in [1.29, 1.82) is 0 Å². The SMILES string of the molecule is CN(C)C(=S)S.C[NH+](C)C.S=C(S)NCCNC(=S)S.[Mn+2]. The first-order chi connectivity index (χ1) is 9.00. The molecule has 125 valence electrons. The first-order valence-electron chi connectivity index (χ1n) is 5.61. The second-order valence-electron chi connectivity index (χ2n) is 4.14. The first-order valence-corrected chi connectivity index (χ1v) is 8.17. The summed E-state index contributed by atoms with van der Waals surface area (Å²) in [5, 5.41) is 5.68. The molecule has 0 amide bonds. The summed E-state index contributed by atoms with van der Waals surface area (Å²) in [5.41, 5.74) is 0. The molecule has 0 atom stereocenters. The average molecular weight is 449 g/mol. The zero-order valence-corrected chi connectivity index (χ0v) is 19.1. The van der Waals surface area contributed by atoms with Crippen molar-refractivity contribution in [3.8, 4) is 0 Å². The number of rotatable bonds is 3. The van der Waals surface area contributed by atoms with Gasteiger partial charge in [-0.3, -0.25) is 0 Å². The summed E-state index contributed by atoms with van der Waals surface area (Å²) in [7, 11) is 9.96. The molecule has 3 N–H and O–H groups in total. The molecule has 4 nitrogen and oxygen atoms in total. The van der Waals surface area contributed by atoms with E-state index in [1.807, 2.05) is 14.1 Å². The normalized spacial score (nSPS) is 8.05. The minimum absolute atomic E-state index is 0. The van der Waals surface area contributed by atoms with Crippen molar-refractivity contribution in [2.45, 2.75) is 0 Å². The van der Waals surface area contributed by atoms with E-state index in [-0.39, 0.29) is 17.1 Å². The summed E-state index contributed by atoms with van der Waals surface area (Å²) in [6.45, 7) is 1.42. The Hall–Kier alpha value is 1.20. The van der Waals surface area contributed by atoms with E-state index in [4.69, 9.17) is 0 Å². The zero-order valence-electron chi connectivity index (χ0n) is 12.8. The van der Waals surface area contributed by atoms with Gasteiger partial charge >= 0.3 is 17.1 Å². The van der Waals surface area contributed by atoms with Gasteiger partial charge < -0.3 is 20.4 Å². The van der Waals surface area contributed by atoms with Crippen molar-refractivity contribution in [3.63, 3.8) is 0 Å². The number of thiol groups is 3. The summed E-state index contributed by atoms with van der Waals surface area (Å²) >= 11 is 25.5. The molecule has 11 heteroatoms. The average Bonchev–Trinajstić information content (AvgIpc) is 2.23. The van der Waals surface area contributed by atoms with Gasteiger partial charge in [-0.2, -0.15) is 0 Å². The maximum absolute atomic E-state index is 4.65. The third-order valence-electron chi connectivity index (χ3n) is 1.06. The second kappa shape index (κ2) is 21.2. The Labute approximate surface area is 172 Å². The predicted molar refractivity (Wildman–Crippen MR) is 113 cm³/mol. The molecule has 0 saturated carbocycles. The Balaban J connectivity index is -0.000000113. The molecule has 21 heavy (non-hydrogen) atoms. The molecular weight excluding hydrogens is 423 g/mol. The van der Waals surface area contributed by atoms with Crippen LogP contribution in [0.5, 0.6) is 0 Å². The standard InChI is InChI=1S/C4H8N2S4.C3H7NS2.C3H9N.Mn/c7-3(8)5-1-2-6-4(9)10;1-4(2)3(5)6;1-4(2)3;/h1-2H2,(H2,5,7,8)(H2,6,9,10);1-2H3,(H,5,6);1-3H3;/q;;;+2/p+1. The quantitative estimate of drug-likeness (QED) is 0.159. The van der Waals surface area contributed by atoms with Gasteiger partial charge in [0.2, 0.25) is 0 Å². The van der Waals surface area contributed by atoms with Gasteiger partial charge in [0, 0.05) is 27.2 Å². The van der Waals surface area contributed by atoms with E-state index in [2.05, 4.69) is 106 Å². The Morgan fingerprint density at radius 3 is 1.19 bits per heavy atom. The van der Waals surface area contributed by atoms with Gasteiger partial charge in [-0.15, -0.1) is 37.9 Å². The van der Waals surface area contributed by atoms with Crippen molar-refractivity contribution in [2.24, 2.45) is 0 Å². The van der Waals surface area contributed by atoms with Gasteiger partial charge in [0.25, 0.3) is 0 Å². The zero-order chi connectivity index (χ0) is 16.7. The topological polar surface area (TPSA) is 31.7 Å². The largest absolute Gasteiger partial charge is 2.00 e. The number of hydrogen-bond acceptors (Lipinski definition) is 3. The third-order valence-corrected chi connectivity index (χ3v) is 2.43. The van der Waals surface area contributed by atoms with Crippen molar-refractivity contribution < 1.29 is 22.0 Å². The fourth-order valence-corrected chi connectivity index (χ4v) is 0.767. The van der Waals surface area contributed by atoms with Crippen molar-refractivity contribution in [2.75, 3.05) is 48.3 Å². The summed E-state index contributed by atoms with van der Waals surface area (Å²) in [5.74, 6) is 0. The molecule has 0 saturated heterocycles. The molecule has 1 radical (unpaired) electrons. The van der Waals surface area contributed by atoms with Gasteiger partial charge in [-0.1, -0.05) is 36.7 Å². The molecular formula is C10H25MnN4S6+3. The summed E-state index contributed by atoms with van der Waals surface area (Å²) in [4.78, 5) is 3.18. The van der Waals surface area contributed by atoms with Crippen molar-refractivity contribution >= 4 is 87.5 Å². The minimum atomic E-state index is 0. The maximum atomic E-state index is 4.65. The molecule has 0 fully saturated rings. The number of nitrogens with zero attached hydrogens (tertiary/aromatic N) is 1. The van der Waals surface area contributed by atoms with Crippen LogP contribution in [0, 0.1) is 0 Å². The number of hydrogen-bond donors (Lipinski definition) is 6. The summed E-state index contributed by atoms with van der Waals surface area (Å²) in [6, 6.07) is 0. The molecule has 0 spiro atoms. The van der Waals surface area contributed by atoms with Gasteiger partial charge in [-0.25, -0.2) is 0 Å². The molecule has 0 bridgehead atoms. The number of quaternary nitrogens is 1. The molecule has 0 aliphatic carbocycles. The van der Waals surface area contributed by atoms with Crippen LogP contribution in [0.25, 0.3) is 0 Å². The summed E-state index contributed by atoms with van der Waals surface area (Å²) < 4.78 is 1.61. The fraction of sp³-hybridized carbons (Fsp3) is 0.700. The molecule has 0 aromatic carbocycles. The van der Waals surface area contributed by atoms with Gasteiger partial charge in [0.1, 0.15) is 13.0 Å². The molecule has 0 aliphatic rings. The Morgan fingerprint density at radius 2 is 1.10 bits per heavy atom. The van der Waals surface area contributed by atoms with Crippen LogP contribution in [-0.2, 0) is 17.1 Å².